The van der Waals surface area contributed by atoms with Crippen LogP contribution in [0.25, 0.3) is 33.2 Å². The third-order valence-electron chi connectivity index (χ3n) is 4.59. The number of benzene rings is 2. The van der Waals surface area contributed by atoms with Crippen molar-refractivity contribution in [2.45, 2.75) is 6.42 Å². The van der Waals surface area contributed by atoms with Gasteiger partial charge in [0.15, 0.2) is 0 Å². The zero-order chi connectivity index (χ0) is 18.2. The van der Waals surface area contributed by atoms with Gasteiger partial charge in [0.2, 0.25) is 0 Å². The zero-order valence-corrected chi connectivity index (χ0v) is 15.1. The Labute approximate surface area is 160 Å². The Kier molecular flexibility index (Phi) is 3.76. The van der Waals surface area contributed by atoms with Crippen molar-refractivity contribution in [2.24, 2.45) is 0 Å². The summed E-state index contributed by atoms with van der Waals surface area (Å²) in [5.74, 6) is 0.745. The molecule has 0 spiro atoms. The lowest BCUT2D eigenvalue weighted by atomic mass is 10.1. The molecule has 5 rings (SSSR count). The van der Waals surface area contributed by atoms with Crippen LogP contribution in [0, 0.1) is 0 Å². The first-order valence-electron chi connectivity index (χ1n) is 8.63. The molecule has 0 aliphatic heterocycles. The van der Waals surface area contributed by atoms with Crippen LogP contribution in [-0.4, -0.2) is 30.0 Å². The van der Waals surface area contributed by atoms with Crippen molar-refractivity contribution in [1.29, 1.82) is 0 Å². The highest BCUT2D eigenvalue weighted by atomic mass is 32.1. The molecule has 3 aromatic heterocycles. The van der Waals surface area contributed by atoms with Crippen molar-refractivity contribution in [3.8, 4) is 11.3 Å². The quantitative estimate of drug-likeness (QED) is 0.362. The number of hydrogen-bond acceptors (Lipinski definition) is 4. The minimum Gasteiger partial charge on any atom is -0.337 e. The maximum Gasteiger partial charge on any atom is 0.145 e. The fourth-order valence-corrected chi connectivity index (χ4v) is 3.51. The summed E-state index contributed by atoms with van der Waals surface area (Å²) in [4.78, 5) is 12.9. The summed E-state index contributed by atoms with van der Waals surface area (Å²) in [7, 11) is 0. The number of rotatable bonds is 4. The maximum absolute atomic E-state index is 5.61. The molecule has 0 saturated heterocycles. The van der Waals surface area contributed by atoms with Crippen LogP contribution in [0.1, 0.15) is 11.4 Å². The molecule has 0 atom stereocenters. The van der Waals surface area contributed by atoms with E-state index in [1.54, 1.807) is 12.4 Å². The van der Waals surface area contributed by atoms with E-state index in [1.807, 2.05) is 36.4 Å². The molecule has 27 heavy (non-hydrogen) atoms. The van der Waals surface area contributed by atoms with E-state index in [0.29, 0.717) is 6.42 Å². The molecule has 0 fully saturated rings. The number of pyridine rings is 1. The Balaban J connectivity index is 1.55. The first kappa shape index (κ1) is 15.8. The SMILES string of the molecule is S=C(Cc1ccccc1)c1nc2cc3c(-c4ccncc4)n[nH]c3cc2[nH]1. The van der Waals surface area contributed by atoms with Gasteiger partial charge in [-0.2, -0.15) is 5.10 Å². The van der Waals surface area contributed by atoms with Gasteiger partial charge in [-0.1, -0.05) is 42.5 Å². The molecule has 0 aliphatic carbocycles. The van der Waals surface area contributed by atoms with Crippen molar-refractivity contribution in [3.63, 3.8) is 0 Å². The minimum atomic E-state index is 0.692. The Morgan fingerprint density at radius 1 is 0.963 bits per heavy atom. The fourth-order valence-electron chi connectivity index (χ4n) is 3.25. The molecule has 5 aromatic rings. The maximum atomic E-state index is 5.61. The summed E-state index contributed by atoms with van der Waals surface area (Å²) in [5, 5.41) is 8.60. The van der Waals surface area contributed by atoms with Crippen LogP contribution in [0.4, 0.5) is 0 Å². The number of H-pyrrole nitrogens is 2. The second kappa shape index (κ2) is 6.41. The topological polar surface area (TPSA) is 70.2 Å². The van der Waals surface area contributed by atoms with E-state index in [1.165, 1.54) is 5.56 Å². The van der Waals surface area contributed by atoms with Crippen LogP contribution in [0.15, 0.2) is 67.0 Å². The van der Waals surface area contributed by atoms with Crippen molar-refractivity contribution >= 4 is 39.0 Å². The fraction of sp³-hybridized carbons (Fsp3) is 0.0476. The van der Waals surface area contributed by atoms with Crippen LogP contribution >= 0.6 is 12.2 Å². The first-order chi connectivity index (χ1) is 13.3. The van der Waals surface area contributed by atoms with Gasteiger partial charge >= 0.3 is 0 Å². The van der Waals surface area contributed by atoms with E-state index in [2.05, 4.69) is 38.4 Å². The monoisotopic (exact) mass is 369 g/mol. The van der Waals surface area contributed by atoms with Crippen LogP contribution < -0.4 is 0 Å². The molecule has 0 bridgehead atoms. The Morgan fingerprint density at radius 3 is 2.59 bits per heavy atom. The van der Waals surface area contributed by atoms with Gasteiger partial charge in [-0.25, -0.2) is 4.98 Å². The molecular formula is C21H15N5S. The summed E-state index contributed by atoms with van der Waals surface area (Å²) in [6.07, 6.45) is 4.23. The normalized spacial score (nSPS) is 11.3. The lowest BCUT2D eigenvalue weighted by Crippen LogP contribution is -2.03. The summed E-state index contributed by atoms with van der Waals surface area (Å²) in [6.45, 7) is 0. The summed E-state index contributed by atoms with van der Waals surface area (Å²) in [6, 6.07) is 18.2. The zero-order valence-electron chi connectivity index (χ0n) is 14.3. The molecule has 0 unspecified atom stereocenters. The van der Waals surface area contributed by atoms with Gasteiger partial charge in [-0.05, 0) is 29.8 Å². The Bertz CT molecular complexity index is 1260. The Hall–Kier alpha value is -3.38. The first-order valence-corrected chi connectivity index (χ1v) is 9.04. The number of aromatic amines is 2. The molecule has 6 heteroatoms. The highest BCUT2D eigenvalue weighted by Gasteiger charge is 2.13. The van der Waals surface area contributed by atoms with E-state index < -0.39 is 0 Å². The van der Waals surface area contributed by atoms with E-state index in [0.717, 1.165) is 43.9 Å². The molecule has 0 saturated carbocycles. The van der Waals surface area contributed by atoms with Crippen LogP contribution in [-0.2, 0) is 6.42 Å². The highest BCUT2D eigenvalue weighted by Crippen LogP contribution is 2.29. The van der Waals surface area contributed by atoms with Crippen molar-refractivity contribution in [2.75, 3.05) is 0 Å². The summed E-state index contributed by atoms with van der Waals surface area (Å²) < 4.78 is 0. The average molecular weight is 369 g/mol. The van der Waals surface area contributed by atoms with Gasteiger partial charge in [0.25, 0.3) is 0 Å². The predicted molar refractivity (Wildman–Crippen MR) is 111 cm³/mol. The number of nitrogens with one attached hydrogen (secondary N) is 2. The largest absolute Gasteiger partial charge is 0.337 e. The number of thiocarbonyl (C=S) groups is 1. The van der Waals surface area contributed by atoms with E-state index in [4.69, 9.17) is 17.2 Å². The number of hydrogen-bond donors (Lipinski definition) is 2. The molecule has 0 radical (unpaired) electrons. The molecule has 2 N–H and O–H groups in total. The van der Waals surface area contributed by atoms with Gasteiger partial charge in [0.1, 0.15) is 11.5 Å². The second-order valence-electron chi connectivity index (χ2n) is 6.39. The summed E-state index contributed by atoms with van der Waals surface area (Å²) >= 11 is 5.61. The molecule has 3 heterocycles. The lowest BCUT2D eigenvalue weighted by Gasteiger charge is -2.00. The number of imidazole rings is 1. The minimum absolute atomic E-state index is 0.692. The molecular weight excluding hydrogens is 354 g/mol. The third-order valence-corrected chi connectivity index (χ3v) is 4.93. The molecule has 5 nitrogen and oxygen atoms in total. The van der Waals surface area contributed by atoms with Gasteiger partial charge < -0.3 is 4.98 Å². The van der Waals surface area contributed by atoms with E-state index in [-0.39, 0.29) is 0 Å². The van der Waals surface area contributed by atoms with Crippen molar-refractivity contribution in [1.82, 2.24) is 25.1 Å². The van der Waals surface area contributed by atoms with Crippen LogP contribution in [0.5, 0.6) is 0 Å². The highest BCUT2D eigenvalue weighted by molar-refractivity contribution is 7.80. The Morgan fingerprint density at radius 2 is 1.78 bits per heavy atom. The van der Waals surface area contributed by atoms with Gasteiger partial charge in [-0.15, -0.1) is 0 Å². The molecule has 130 valence electrons. The lowest BCUT2D eigenvalue weighted by molar-refractivity contribution is 1.12. The molecule has 0 amide bonds. The van der Waals surface area contributed by atoms with Gasteiger partial charge in [0, 0.05) is 29.8 Å². The standard InChI is InChI=1S/C21H15N5S/c27-19(10-13-4-2-1-3-5-13)21-23-17-11-15-16(12-18(17)24-21)25-26-20(15)14-6-8-22-9-7-14/h1-9,11-12H,10H2,(H,23,24)(H,25,26). The average Bonchev–Trinajstić information content (AvgIpc) is 3.31. The predicted octanol–water partition coefficient (Wildman–Crippen LogP) is 4.46. The van der Waals surface area contributed by atoms with Crippen molar-refractivity contribution < 1.29 is 0 Å². The number of fused-ring (bicyclic) bond motifs is 2. The van der Waals surface area contributed by atoms with Gasteiger partial charge in [0.05, 0.1) is 21.4 Å². The number of aromatic nitrogens is 5. The number of nitrogens with zero attached hydrogens (tertiary/aromatic N) is 3. The van der Waals surface area contributed by atoms with E-state index in [9.17, 15) is 0 Å². The molecule has 0 aliphatic rings. The van der Waals surface area contributed by atoms with Gasteiger partial charge in [-0.3, -0.25) is 10.1 Å². The smallest absolute Gasteiger partial charge is 0.145 e. The van der Waals surface area contributed by atoms with E-state index >= 15 is 0 Å². The summed E-state index contributed by atoms with van der Waals surface area (Å²) in [5.41, 5.74) is 5.87. The van der Waals surface area contributed by atoms with Crippen LogP contribution in [0.2, 0.25) is 0 Å². The van der Waals surface area contributed by atoms with Crippen molar-refractivity contribution in [3.05, 3.63) is 78.4 Å². The van der Waals surface area contributed by atoms with Crippen LogP contribution in [0.3, 0.4) is 0 Å². The second-order valence-corrected chi connectivity index (χ2v) is 6.89. The third kappa shape index (κ3) is 2.90. The molecule has 2 aromatic carbocycles.